The summed E-state index contributed by atoms with van der Waals surface area (Å²) < 4.78 is 17.4. The number of carbonyl (C=O) groups excluding carboxylic acids is 2. The second-order valence-corrected chi connectivity index (χ2v) is 17.4. The molecular weight excluding hydrogens is 789 g/mol. The first-order chi connectivity index (χ1) is 31.6. The molecule has 366 valence electrons. The zero-order valence-electron chi connectivity index (χ0n) is 42.0. The Kier molecular flexibility index (Phi) is 51.5. The van der Waals surface area contributed by atoms with Gasteiger partial charge < -0.3 is 14.2 Å². The van der Waals surface area contributed by atoms with Crippen LogP contribution in [0.3, 0.4) is 0 Å². The molecule has 0 fully saturated rings. The van der Waals surface area contributed by atoms with Crippen molar-refractivity contribution in [2.24, 2.45) is 0 Å². The van der Waals surface area contributed by atoms with E-state index in [1.165, 1.54) is 103 Å². The molecule has 0 aromatic rings. The maximum Gasteiger partial charge on any atom is 0.306 e. The second-order valence-electron chi connectivity index (χ2n) is 17.4. The van der Waals surface area contributed by atoms with Crippen molar-refractivity contribution in [3.63, 3.8) is 0 Å². The third-order valence-corrected chi connectivity index (χ3v) is 11.1. The van der Waals surface area contributed by atoms with Gasteiger partial charge >= 0.3 is 11.9 Å². The Balaban J connectivity index is 4.36. The summed E-state index contributed by atoms with van der Waals surface area (Å²) in [6.07, 6.45) is 72.9. The zero-order valence-corrected chi connectivity index (χ0v) is 42.0. The highest BCUT2D eigenvalue weighted by Crippen LogP contribution is 2.15. The Labute approximate surface area is 396 Å². The van der Waals surface area contributed by atoms with Gasteiger partial charge in [0.05, 0.1) is 6.61 Å². The molecule has 0 aliphatic rings. The quantitative estimate of drug-likeness (QED) is 0.0346. The summed E-state index contributed by atoms with van der Waals surface area (Å²) in [4.78, 5) is 25.4. The van der Waals surface area contributed by atoms with Crippen LogP contribution in [0.25, 0.3) is 0 Å². The number of allylic oxidation sites excluding steroid dienone is 16. The Bertz CT molecular complexity index is 1230. The van der Waals surface area contributed by atoms with E-state index in [0.717, 1.165) is 103 Å². The Morgan fingerprint density at radius 2 is 0.719 bits per heavy atom. The van der Waals surface area contributed by atoms with Crippen molar-refractivity contribution in [2.75, 3.05) is 19.8 Å². The van der Waals surface area contributed by atoms with E-state index in [-0.39, 0.29) is 25.2 Å². The summed E-state index contributed by atoms with van der Waals surface area (Å²) in [5, 5.41) is 0. The monoisotopic (exact) mass is 889 g/mol. The van der Waals surface area contributed by atoms with Crippen LogP contribution in [0.2, 0.25) is 0 Å². The maximum atomic E-state index is 12.8. The molecule has 64 heavy (non-hydrogen) atoms. The molecule has 0 saturated heterocycles. The van der Waals surface area contributed by atoms with Crippen LogP contribution in [0.4, 0.5) is 0 Å². The number of ether oxygens (including phenoxy) is 3. The molecule has 0 rings (SSSR count). The molecule has 0 amide bonds. The first kappa shape index (κ1) is 60.8. The smallest absolute Gasteiger partial charge is 0.306 e. The van der Waals surface area contributed by atoms with Gasteiger partial charge in [-0.3, -0.25) is 9.59 Å². The van der Waals surface area contributed by atoms with E-state index in [0.29, 0.717) is 19.4 Å². The Morgan fingerprint density at radius 3 is 1.16 bits per heavy atom. The van der Waals surface area contributed by atoms with Crippen LogP contribution >= 0.6 is 0 Å². The SMILES string of the molecule is CC/C=C\C/C=C\C/C=C\C/C=C\C/C=C\CCCC(=O)OCC(COCCCCCCCCCCCCCCCCCCCC)OC(=O)CCCCC/C=C\C/C=C\C/C=C\CC. The summed E-state index contributed by atoms with van der Waals surface area (Å²) in [6, 6.07) is 0. The molecule has 0 radical (unpaired) electrons. The largest absolute Gasteiger partial charge is 0.462 e. The van der Waals surface area contributed by atoms with Crippen LogP contribution in [0.5, 0.6) is 0 Å². The number of esters is 2. The lowest BCUT2D eigenvalue weighted by Gasteiger charge is -2.18. The van der Waals surface area contributed by atoms with E-state index in [1.54, 1.807) is 0 Å². The standard InChI is InChI=1S/C59H100O5/c1-4-7-10-13-16-19-22-25-27-29-31-33-36-39-42-45-48-51-54-62-55-57(64-59(61)53-50-47-44-41-38-34-24-21-18-15-12-9-6-3)56-63-58(60)52-49-46-43-40-37-35-32-30-28-26-23-20-17-14-11-8-5-2/h8-9,11-12,17-18,20-21,26,28,32,34-35,38,40,43,57H,4-7,10,13-16,19,22-25,27,29-31,33,36-37,39,41-42,44-56H2,1-3H3/b11-8-,12-9-,20-17-,21-18-,28-26-,35-32-,38-34-,43-40-. The van der Waals surface area contributed by atoms with Gasteiger partial charge in [-0.25, -0.2) is 0 Å². The fourth-order valence-corrected chi connectivity index (χ4v) is 7.21. The minimum atomic E-state index is -0.577. The number of unbranched alkanes of at least 4 members (excludes halogenated alkanes) is 21. The molecule has 0 saturated carbocycles. The van der Waals surface area contributed by atoms with Gasteiger partial charge in [0.1, 0.15) is 6.61 Å². The van der Waals surface area contributed by atoms with Crippen LogP contribution in [-0.4, -0.2) is 37.9 Å². The summed E-state index contributed by atoms with van der Waals surface area (Å²) in [7, 11) is 0. The van der Waals surface area contributed by atoms with Gasteiger partial charge in [-0.15, -0.1) is 0 Å². The number of hydrogen-bond acceptors (Lipinski definition) is 5. The second kappa shape index (κ2) is 54.2. The van der Waals surface area contributed by atoms with Crippen LogP contribution in [0.1, 0.15) is 239 Å². The summed E-state index contributed by atoms with van der Waals surface area (Å²) in [5.41, 5.74) is 0. The lowest BCUT2D eigenvalue weighted by Crippen LogP contribution is -2.30. The Morgan fingerprint density at radius 1 is 0.359 bits per heavy atom. The first-order valence-corrected chi connectivity index (χ1v) is 26.8. The summed E-state index contributed by atoms with van der Waals surface area (Å²) >= 11 is 0. The Hall–Kier alpha value is -3.18. The summed E-state index contributed by atoms with van der Waals surface area (Å²) in [5.74, 6) is -0.497. The molecule has 0 aliphatic heterocycles. The minimum Gasteiger partial charge on any atom is -0.462 e. The van der Waals surface area contributed by atoms with E-state index in [4.69, 9.17) is 14.2 Å². The van der Waals surface area contributed by atoms with Gasteiger partial charge in [0, 0.05) is 19.4 Å². The predicted octanol–water partition coefficient (Wildman–Crippen LogP) is 18.2. The van der Waals surface area contributed by atoms with Gasteiger partial charge in [0.15, 0.2) is 6.10 Å². The molecule has 1 atom stereocenters. The van der Waals surface area contributed by atoms with Gasteiger partial charge in [-0.1, -0.05) is 234 Å². The first-order valence-electron chi connectivity index (χ1n) is 26.8. The molecular formula is C59H100O5. The number of carbonyl (C=O) groups is 2. The topological polar surface area (TPSA) is 61.8 Å². The highest BCUT2D eigenvalue weighted by atomic mass is 16.6. The van der Waals surface area contributed by atoms with Gasteiger partial charge in [0.2, 0.25) is 0 Å². The molecule has 0 aliphatic carbocycles. The lowest BCUT2D eigenvalue weighted by molar-refractivity contribution is -0.163. The minimum absolute atomic E-state index is 0.0412. The molecule has 0 heterocycles. The molecule has 0 aromatic heterocycles. The highest BCUT2D eigenvalue weighted by Gasteiger charge is 2.17. The van der Waals surface area contributed by atoms with Gasteiger partial charge in [-0.05, 0) is 89.9 Å². The molecule has 0 spiro atoms. The number of rotatable bonds is 48. The van der Waals surface area contributed by atoms with Crippen LogP contribution in [0, 0.1) is 0 Å². The van der Waals surface area contributed by atoms with Crippen molar-refractivity contribution in [2.45, 2.75) is 245 Å². The predicted molar refractivity (Wildman–Crippen MR) is 279 cm³/mol. The van der Waals surface area contributed by atoms with Crippen molar-refractivity contribution in [1.29, 1.82) is 0 Å². The van der Waals surface area contributed by atoms with E-state index in [1.807, 2.05) is 0 Å². The fourth-order valence-electron chi connectivity index (χ4n) is 7.21. The van der Waals surface area contributed by atoms with Crippen molar-refractivity contribution >= 4 is 11.9 Å². The average molecular weight is 889 g/mol. The van der Waals surface area contributed by atoms with Crippen molar-refractivity contribution < 1.29 is 23.8 Å². The van der Waals surface area contributed by atoms with Crippen LogP contribution in [0.15, 0.2) is 97.2 Å². The molecule has 5 heteroatoms. The highest BCUT2D eigenvalue weighted by molar-refractivity contribution is 5.70. The van der Waals surface area contributed by atoms with Crippen molar-refractivity contribution in [3.05, 3.63) is 97.2 Å². The van der Waals surface area contributed by atoms with E-state index >= 15 is 0 Å². The van der Waals surface area contributed by atoms with E-state index in [2.05, 4.69) is 118 Å². The van der Waals surface area contributed by atoms with Crippen molar-refractivity contribution in [3.8, 4) is 0 Å². The number of hydrogen-bond donors (Lipinski definition) is 0. The van der Waals surface area contributed by atoms with Gasteiger partial charge in [-0.2, -0.15) is 0 Å². The van der Waals surface area contributed by atoms with Gasteiger partial charge in [0.25, 0.3) is 0 Å². The normalized spacial score (nSPS) is 13.0. The molecule has 5 nitrogen and oxygen atoms in total. The maximum absolute atomic E-state index is 12.8. The van der Waals surface area contributed by atoms with Crippen LogP contribution < -0.4 is 0 Å². The van der Waals surface area contributed by atoms with E-state index < -0.39 is 6.10 Å². The summed E-state index contributed by atoms with van der Waals surface area (Å²) in [6.45, 7) is 7.52. The molecule has 0 aromatic carbocycles. The molecule has 0 N–H and O–H groups in total. The molecule has 1 unspecified atom stereocenters. The lowest BCUT2D eigenvalue weighted by atomic mass is 10.0. The third kappa shape index (κ3) is 51.5. The van der Waals surface area contributed by atoms with Crippen molar-refractivity contribution in [1.82, 2.24) is 0 Å². The van der Waals surface area contributed by atoms with E-state index in [9.17, 15) is 9.59 Å². The third-order valence-electron chi connectivity index (χ3n) is 11.1. The zero-order chi connectivity index (χ0) is 46.3. The molecule has 0 bridgehead atoms. The average Bonchev–Trinajstić information content (AvgIpc) is 3.30. The van der Waals surface area contributed by atoms with Crippen LogP contribution in [-0.2, 0) is 23.8 Å². The fraction of sp³-hybridized carbons (Fsp3) is 0.695.